The van der Waals surface area contributed by atoms with Gasteiger partial charge in [-0.3, -0.25) is 14.3 Å². The van der Waals surface area contributed by atoms with Crippen molar-refractivity contribution in [2.24, 2.45) is 0 Å². The fourth-order valence-electron chi connectivity index (χ4n) is 3.05. The Hall–Kier alpha value is -2.58. The van der Waals surface area contributed by atoms with E-state index in [0.29, 0.717) is 36.8 Å². The van der Waals surface area contributed by atoms with E-state index in [1.807, 2.05) is 10.9 Å². The molecule has 1 aliphatic rings. The molecule has 9 heteroatoms. The van der Waals surface area contributed by atoms with Crippen molar-refractivity contribution in [2.75, 3.05) is 26.2 Å². The van der Waals surface area contributed by atoms with Crippen LogP contribution in [0.1, 0.15) is 46.2 Å². The van der Waals surface area contributed by atoms with E-state index in [1.165, 1.54) is 12.1 Å². The number of hydrogen-bond donors (Lipinski definition) is 4. The molecule has 2 amide bonds. The average molecular weight is 408 g/mol. The first-order valence-corrected chi connectivity index (χ1v) is 9.25. The van der Waals surface area contributed by atoms with E-state index in [4.69, 9.17) is 0 Å². The second kappa shape index (κ2) is 10.7. The molecular weight excluding hydrogens is 382 g/mol. The average Bonchev–Trinajstić information content (AvgIpc) is 3.18. The van der Waals surface area contributed by atoms with E-state index in [9.17, 15) is 14.7 Å². The van der Waals surface area contributed by atoms with Gasteiger partial charge in [-0.25, -0.2) is 0 Å². The van der Waals surface area contributed by atoms with Crippen LogP contribution < -0.4 is 16.0 Å². The van der Waals surface area contributed by atoms with Gasteiger partial charge in [0.2, 0.25) is 0 Å². The van der Waals surface area contributed by atoms with Crippen molar-refractivity contribution in [1.82, 2.24) is 25.7 Å². The van der Waals surface area contributed by atoms with Crippen molar-refractivity contribution in [2.45, 2.75) is 25.3 Å². The fourth-order valence-corrected chi connectivity index (χ4v) is 3.05. The summed E-state index contributed by atoms with van der Waals surface area (Å²) in [6, 6.07) is 8.21. The number of carbonyl (C=O) groups excluding carboxylic acids is 2. The van der Waals surface area contributed by atoms with E-state index >= 15 is 0 Å². The van der Waals surface area contributed by atoms with Crippen molar-refractivity contribution in [3.05, 3.63) is 47.8 Å². The molecule has 2 heterocycles. The molecule has 1 unspecified atom stereocenters. The molecule has 1 aromatic heterocycles. The van der Waals surface area contributed by atoms with E-state index in [1.54, 1.807) is 18.2 Å². The molecule has 1 aromatic carbocycles. The maximum absolute atomic E-state index is 12.2. The maximum atomic E-state index is 12.2. The molecule has 1 atom stereocenters. The lowest BCUT2D eigenvalue weighted by Crippen LogP contribution is -2.32. The highest BCUT2D eigenvalue weighted by molar-refractivity contribution is 5.94. The van der Waals surface area contributed by atoms with Crippen LogP contribution >= 0.6 is 12.4 Å². The predicted octanol–water partition coefficient (Wildman–Crippen LogP) is 1.48. The Balaban J connectivity index is 0.00000280. The van der Waals surface area contributed by atoms with Crippen molar-refractivity contribution in [3.8, 4) is 5.75 Å². The van der Waals surface area contributed by atoms with Gasteiger partial charge in [-0.1, -0.05) is 6.07 Å². The van der Waals surface area contributed by atoms with Crippen LogP contribution in [0.15, 0.2) is 36.5 Å². The summed E-state index contributed by atoms with van der Waals surface area (Å²) in [4.78, 5) is 24.1. The summed E-state index contributed by atoms with van der Waals surface area (Å²) in [6.45, 7) is 2.78. The van der Waals surface area contributed by atoms with Crippen LogP contribution in [-0.2, 0) is 0 Å². The molecule has 1 fully saturated rings. The number of hydrogen-bond acceptors (Lipinski definition) is 5. The molecule has 1 aliphatic heterocycles. The Labute approximate surface area is 170 Å². The zero-order valence-electron chi connectivity index (χ0n) is 15.6. The number of rotatable bonds is 7. The third-order valence-electron chi connectivity index (χ3n) is 4.52. The lowest BCUT2D eigenvalue weighted by molar-refractivity contribution is 0.0946. The van der Waals surface area contributed by atoms with Gasteiger partial charge in [-0.2, -0.15) is 5.10 Å². The third-order valence-corrected chi connectivity index (χ3v) is 4.52. The highest BCUT2D eigenvalue weighted by atomic mass is 35.5. The normalized spacial score (nSPS) is 16.1. The van der Waals surface area contributed by atoms with Crippen LogP contribution in [0.2, 0.25) is 0 Å². The lowest BCUT2D eigenvalue weighted by Gasteiger charge is -2.22. The van der Waals surface area contributed by atoms with Crippen LogP contribution in [0.5, 0.6) is 5.75 Å². The number of piperidine rings is 1. The quantitative estimate of drug-likeness (QED) is 0.520. The van der Waals surface area contributed by atoms with Gasteiger partial charge >= 0.3 is 0 Å². The smallest absolute Gasteiger partial charge is 0.271 e. The number of nitrogens with one attached hydrogen (secondary N) is 3. The van der Waals surface area contributed by atoms with Gasteiger partial charge in [-0.05, 0) is 50.1 Å². The first-order chi connectivity index (χ1) is 13.1. The number of aromatic hydroxyl groups is 1. The molecule has 0 bridgehead atoms. The molecular formula is C19H26ClN5O3. The van der Waals surface area contributed by atoms with Crippen molar-refractivity contribution >= 4 is 24.2 Å². The summed E-state index contributed by atoms with van der Waals surface area (Å²) < 4.78 is 1.86. The van der Waals surface area contributed by atoms with E-state index in [-0.39, 0.29) is 30.0 Å². The fraction of sp³-hybridized carbons (Fsp3) is 0.421. The Kier molecular flexibility index (Phi) is 8.28. The van der Waals surface area contributed by atoms with Gasteiger partial charge in [-0.15, -0.1) is 12.4 Å². The summed E-state index contributed by atoms with van der Waals surface area (Å²) in [5.74, 6) is -0.410. The molecule has 3 rings (SSSR count). The molecule has 0 saturated carbocycles. The minimum atomic E-state index is -0.253. The zero-order valence-corrected chi connectivity index (χ0v) is 16.4. The molecule has 8 nitrogen and oxygen atoms in total. The second-order valence-electron chi connectivity index (χ2n) is 6.60. The van der Waals surface area contributed by atoms with Crippen LogP contribution in [0, 0.1) is 0 Å². The summed E-state index contributed by atoms with van der Waals surface area (Å²) in [5.41, 5.74) is 0.811. The Morgan fingerprint density at radius 3 is 2.71 bits per heavy atom. The summed E-state index contributed by atoms with van der Waals surface area (Å²) >= 11 is 0. The number of nitrogens with zero attached hydrogens (tertiary/aromatic N) is 2. The van der Waals surface area contributed by atoms with Crippen molar-refractivity contribution in [1.29, 1.82) is 0 Å². The van der Waals surface area contributed by atoms with Gasteiger partial charge in [0, 0.05) is 31.4 Å². The third kappa shape index (κ3) is 5.97. The molecule has 152 valence electrons. The number of benzene rings is 1. The summed E-state index contributed by atoms with van der Waals surface area (Å²) in [5, 5.41) is 22.7. The topological polar surface area (TPSA) is 108 Å². The first kappa shape index (κ1) is 21.7. The van der Waals surface area contributed by atoms with Crippen molar-refractivity contribution < 1.29 is 14.7 Å². The number of aromatic nitrogens is 2. The summed E-state index contributed by atoms with van der Waals surface area (Å²) in [7, 11) is 0. The number of halogens is 1. The molecule has 1 saturated heterocycles. The zero-order chi connectivity index (χ0) is 19.1. The minimum absolute atomic E-state index is 0. The maximum Gasteiger partial charge on any atom is 0.271 e. The van der Waals surface area contributed by atoms with Crippen molar-refractivity contribution in [3.63, 3.8) is 0 Å². The number of amides is 2. The minimum Gasteiger partial charge on any atom is -0.508 e. The van der Waals surface area contributed by atoms with Crippen LogP contribution in [0.3, 0.4) is 0 Å². The lowest BCUT2D eigenvalue weighted by atomic mass is 10.1. The van der Waals surface area contributed by atoms with Gasteiger partial charge in [0.25, 0.3) is 11.8 Å². The van der Waals surface area contributed by atoms with Crippen LogP contribution in [0.4, 0.5) is 0 Å². The second-order valence-corrected chi connectivity index (χ2v) is 6.60. The molecule has 28 heavy (non-hydrogen) atoms. The van der Waals surface area contributed by atoms with Crippen LogP contribution in [0.25, 0.3) is 0 Å². The molecule has 0 radical (unpaired) electrons. The van der Waals surface area contributed by atoms with E-state index in [0.717, 1.165) is 25.9 Å². The van der Waals surface area contributed by atoms with Gasteiger partial charge in [0.15, 0.2) is 0 Å². The molecule has 4 N–H and O–H groups in total. The Bertz CT molecular complexity index is 789. The van der Waals surface area contributed by atoms with Gasteiger partial charge in [0.05, 0.1) is 6.04 Å². The monoisotopic (exact) mass is 407 g/mol. The highest BCUT2D eigenvalue weighted by Crippen LogP contribution is 2.15. The number of carbonyl (C=O) groups is 2. The standard InChI is InChI=1S/C19H25N5O3.ClH/c25-16-6-1-4-14(12-16)18(26)21-9-3-10-22-19(27)17-7-11-24(23-17)15-5-2-8-20-13-15;/h1,4,6-7,11-12,15,20,25H,2-3,5,8-10,13H2,(H,21,26)(H,22,27);1H. The van der Waals surface area contributed by atoms with E-state index < -0.39 is 0 Å². The van der Waals surface area contributed by atoms with Crippen LogP contribution in [-0.4, -0.2) is 52.9 Å². The van der Waals surface area contributed by atoms with Gasteiger partial charge in [0.1, 0.15) is 11.4 Å². The molecule has 0 aliphatic carbocycles. The number of phenolic OH excluding ortho intramolecular Hbond substituents is 1. The largest absolute Gasteiger partial charge is 0.508 e. The first-order valence-electron chi connectivity index (χ1n) is 9.25. The highest BCUT2D eigenvalue weighted by Gasteiger charge is 2.17. The number of phenols is 1. The van der Waals surface area contributed by atoms with Gasteiger partial charge < -0.3 is 21.1 Å². The predicted molar refractivity (Wildman–Crippen MR) is 108 cm³/mol. The van der Waals surface area contributed by atoms with E-state index in [2.05, 4.69) is 21.0 Å². The summed E-state index contributed by atoms with van der Waals surface area (Å²) in [6.07, 6.45) is 4.63. The Morgan fingerprint density at radius 1 is 1.21 bits per heavy atom. The SMILES string of the molecule is Cl.O=C(NCCCNC(=O)c1ccn(C2CCCNC2)n1)c1cccc(O)c1. The Morgan fingerprint density at radius 2 is 2.00 bits per heavy atom. The molecule has 0 spiro atoms. The molecule has 2 aromatic rings.